The van der Waals surface area contributed by atoms with E-state index in [4.69, 9.17) is 15.3 Å². The van der Waals surface area contributed by atoms with Crippen LogP contribution in [0, 0.1) is 18.6 Å². The smallest absolute Gasteiger partial charge is 0.317 e. The predicted molar refractivity (Wildman–Crippen MR) is 118 cm³/mol. The van der Waals surface area contributed by atoms with Gasteiger partial charge in [-0.05, 0) is 43.0 Å². The molecule has 2 aromatic carbocycles. The van der Waals surface area contributed by atoms with Crippen LogP contribution in [0.2, 0.25) is 0 Å². The molecule has 10 heteroatoms. The first-order chi connectivity index (χ1) is 15.8. The van der Waals surface area contributed by atoms with E-state index in [0.29, 0.717) is 22.0 Å². The number of nitrogens with one attached hydrogen (secondary N) is 1. The zero-order valence-corrected chi connectivity index (χ0v) is 17.6. The summed E-state index contributed by atoms with van der Waals surface area (Å²) in [5, 5.41) is 12.1. The fourth-order valence-electron chi connectivity index (χ4n) is 4.19. The fraction of sp³-hybridized carbons (Fsp3) is 0.261. The summed E-state index contributed by atoms with van der Waals surface area (Å²) in [6.07, 6.45) is 1.64. The number of nitrogen functional groups attached to an aromatic ring is 1. The Labute approximate surface area is 185 Å². The Bertz CT molecular complexity index is 1500. The number of nitrogens with two attached hydrogens (primary N) is 1. The predicted octanol–water partition coefficient (Wildman–Crippen LogP) is 3.49. The molecule has 0 radical (unpaired) electrons. The number of carbonyl (C=O) groups is 1. The molecule has 0 aliphatic heterocycles. The van der Waals surface area contributed by atoms with Crippen molar-refractivity contribution in [2.45, 2.75) is 32.4 Å². The Morgan fingerprint density at radius 3 is 2.73 bits per heavy atom. The topological polar surface area (TPSA) is 123 Å². The van der Waals surface area contributed by atoms with Crippen LogP contribution in [0.15, 0.2) is 33.5 Å². The lowest BCUT2D eigenvalue weighted by Crippen LogP contribution is -2.22. The number of fused-ring (bicyclic) bond motifs is 3. The molecular formula is C23H20F2N4O4. The number of nitrogens with zero attached hydrogens (tertiary/aromatic N) is 2. The Balaban J connectivity index is 1.74. The highest BCUT2D eigenvalue weighted by Crippen LogP contribution is 2.41. The van der Waals surface area contributed by atoms with Crippen molar-refractivity contribution in [3.05, 3.63) is 57.7 Å². The van der Waals surface area contributed by atoms with Crippen LogP contribution in [0.1, 0.15) is 30.3 Å². The summed E-state index contributed by atoms with van der Waals surface area (Å²) in [6, 6.07) is 5.33. The molecule has 0 spiro atoms. The third-order valence-electron chi connectivity index (χ3n) is 5.85. The van der Waals surface area contributed by atoms with Crippen molar-refractivity contribution in [3.8, 4) is 11.1 Å². The number of benzene rings is 2. The van der Waals surface area contributed by atoms with Gasteiger partial charge in [0.2, 0.25) is 5.89 Å². The number of pyridine rings is 1. The Hall–Kier alpha value is -3.79. The van der Waals surface area contributed by atoms with Gasteiger partial charge >= 0.3 is 5.97 Å². The first-order valence-corrected chi connectivity index (χ1v) is 10.4. The normalized spacial score (nSPS) is 13.8. The second kappa shape index (κ2) is 7.66. The van der Waals surface area contributed by atoms with Gasteiger partial charge in [-0.1, -0.05) is 6.07 Å². The Kier molecular flexibility index (Phi) is 4.89. The molecule has 0 unspecified atom stereocenters. The highest BCUT2D eigenvalue weighted by atomic mass is 19.1. The van der Waals surface area contributed by atoms with Crippen LogP contribution < -0.4 is 16.6 Å². The van der Waals surface area contributed by atoms with Gasteiger partial charge in [0.05, 0.1) is 24.3 Å². The van der Waals surface area contributed by atoms with Gasteiger partial charge in [-0.25, -0.2) is 13.8 Å². The van der Waals surface area contributed by atoms with Crippen LogP contribution in [-0.4, -0.2) is 27.2 Å². The third kappa shape index (κ3) is 3.52. The van der Waals surface area contributed by atoms with Crippen molar-refractivity contribution >= 4 is 33.7 Å². The van der Waals surface area contributed by atoms with Gasteiger partial charge in [-0.15, -0.1) is 0 Å². The maximum absolute atomic E-state index is 14.7. The third-order valence-corrected chi connectivity index (χ3v) is 5.85. The number of aliphatic carboxylic acids is 1. The van der Waals surface area contributed by atoms with Crippen LogP contribution in [0.25, 0.3) is 33.1 Å². The summed E-state index contributed by atoms with van der Waals surface area (Å²) < 4.78 is 36.3. The van der Waals surface area contributed by atoms with Gasteiger partial charge in [-0.3, -0.25) is 14.9 Å². The Morgan fingerprint density at radius 2 is 2.03 bits per heavy atom. The standard InChI is InChI=1S/C23H20F2N4O4/c1-10-12(14-6-16(25)17(26)7-15(14)24)4-5-13-21(10)29(11-2-3-11)23(32)20-22(13)33-18(28-20)8-27-9-19(30)31/h4-7,11,27H,2-3,8-9,26H2,1H3,(H,30,31). The van der Waals surface area contributed by atoms with Crippen molar-refractivity contribution in [1.82, 2.24) is 14.9 Å². The number of hydrogen-bond acceptors (Lipinski definition) is 6. The summed E-state index contributed by atoms with van der Waals surface area (Å²) in [7, 11) is 0. The number of carboxylic acids is 1. The maximum Gasteiger partial charge on any atom is 0.317 e. The number of halogens is 2. The van der Waals surface area contributed by atoms with Crippen molar-refractivity contribution in [2.24, 2.45) is 0 Å². The maximum atomic E-state index is 14.7. The first kappa shape index (κ1) is 21.1. The minimum atomic E-state index is -1.03. The van der Waals surface area contributed by atoms with Gasteiger partial charge in [-0.2, -0.15) is 0 Å². The quantitative estimate of drug-likeness (QED) is 0.381. The first-order valence-electron chi connectivity index (χ1n) is 10.4. The molecule has 0 saturated heterocycles. The summed E-state index contributed by atoms with van der Waals surface area (Å²) in [4.78, 5) is 28.4. The van der Waals surface area contributed by atoms with E-state index in [9.17, 15) is 18.4 Å². The minimum Gasteiger partial charge on any atom is -0.480 e. The zero-order valence-electron chi connectivity index (χ0n) is 17.6. The molecule has 4 N–H and O–H groups in total. The summed E-state index contributed by atoms with van der Waals surface area (Å²) in [6.45, 7) is 1.51. The Morgan fingerprint density at radius 1 is 1.27 bits per heavy atom. The zero-order chi connectivity index (χ0) is 23.4. The number of aromatic nitrogens is 2. The molecule has 1 aliphatic carbocycles. The highest BCUT2D eigenvalue weighted by molar-refractivity contribution is 6.04. The average Bonchev–Trinajstić information content (AvgIpc) is 3.50. The molecule has 0 amide bonds. The molecule has 2 heterocycles. The van der Waals surface area contributed by atoms with E-state index in [-0.39, 0.29) is 52.9 Å². The number of anilines is 1. The fourth-order valence-corrected chi connectivity index (χ4v) is 4.19. The van der Waals surface area contributed by atoms with E-state index in [1.54, 1.807) is 23.6 Å². The molecular weight excluding hydrogens is 434 g/mol. The molecule has 0 atom stereocenters. The van der Waals surface area contributed by atoms with E-state index in [2.05, 4.69) is 10.3 Å². The van der Waals surface area contributed by atoms with Crippen LogP contribution in [0.5, 0.6) is 0 Å². The molecule has 1 saturated carbocycles. The molecule has 1 aliphatic rings. The second-order valence-electron chi connectivity index (χ2n) is 8.18. The monoisotopic (exact) mass is 454 g/mol. The molecule has 33 heavy (non-hydrogen) atoms. The number of carboxylic acid groups (broad SMARTS) is 1. The van der Waals surface area contributed by atoms with Crippen LogP contribution in [-0.2, 0) is 11.3 Å². The molecule has 2 aromatic heterocycles. The lowest BCUT2D eigenvalue weighted by molar-refractivity contribution is -0.136. The number of rotatable bonds is 6. The average molecular weight is 454 g/mol. The lowest BCUT2D eigenvalue weighted by atomic mass is 9.96. The van der Waals surface area contributed by atoms with E-state index in [1.165, 1.54) is 0 Å². The molecule has 1 fully saturated rings. The van der Waals surface area contributed by atoms with E-state index in [1.807, 2.05) is 0 Å². The molecule has 170 valence electrons. The van der Waals surface area contributed by atoms with Crippen molar-refractivity contribution in [3.63, 3.8) is 0 Å². The molecule has 8 nitrogen and oxygen atoms in total. The summed E-state index contributed by atoms with van der Waals surface area (Å²) >= 11 is 0. The number of hydrogen-bond donors (Lipinski definition) is 3. The van der Waals surface area contributed by atoms with Crippen LogP contribution >= 0.6 is 0 Å². The van der Waals surface area contributed by atoms with Gasteiger partial charge in [0.25, 0.3) is 5.56 Å². The minimum absolute atomic E-state index is 0.0170. The van der Waals surface area contributed by atoms with E-state index < -0.39 is 17.6 Å². The molecule has 0 bridgehead atoms. The summed E-state index contributed by atoms with van der Waals surface area (Å²) in [5.41, 5.74) is 6.96. The van der Waals surface area contributed by atoms with E-state index >= 15 is 0 Å². The highest BCUT2D eigenvalue weighted by Gasteiger charge is 2.30. The molecule has 5 rings (SSSR count). The van der Waals surface area contributed by atoms with Crippen molar-refractivity contribution in [2.75, 3.05) is 12.3 Å². The second-order valence-corrected chi connectivity index (χ2v) is 8.18. The number of oxazole rings is 1. The SMILES string of the molecule is Cc1c(-c2cc(F)c(N)cc2F)ccc2c3oc(CNCC(=O)O)nc3c(=O)n(C3CC3)c12. The van der Waals surface area contributed by atoms with Gasteiger partial charge < -0.3 is 19.8 Å². The van der Waals surface area contributed by atoms with Crippen LogP contribution in [0.4, 0.5) is 14.5 Å². The number of aryl methyl sites for hydroxylation is 1. The molecule has 4 aromatic rings. The van der Waals surface area contributed by atoms with Gasteiger partial charge in [0, 0.05) is 23.1 Å². The van der Waals surface area contributed by atoms with Crippen molar-refractivity contribution in [1.29, 1.82) is 0 Å². The van der Waals surface area contributed by atoms with E-state index in [0.717, 1.165) is 25.0 Å². The largest absolute Gasteiger partial charge is 0.480 e. The van der Waals surface area contributed by atoms with Crippen molar-refractivity contribution < 1.29 is 23.1 Å². The van der Waals surface area contributed by atoms with Gasteiger partial charge in [0.15, 0.2) is 11.1 Å². The van der Waals surface area contributed by atoms with Crippen LogP contribution in [0.3, 0.4) is 0 Å². The summed E-state index contributed by atoms with van der Waals surface area (Å²) in [5.74, 6) is -2.23. The lowest BCUT2D eigenvalue weighted by Gasteiger charge is -2.16. The van der Waals surface area contributed by atoms with Gasteiger partial charge in [0.1, 0.15) is 11.6 Å².